The molecule has 0 radical (unpaired) electrons. The first-order chi connectivity index (χ1) is 21.8. The predicted molar refractivity (Wildman–Crippen MR) is 176 cm³/mol. The van der Waals surface area contributed by atoms with E-state index in [2.05, 4.69) is 27.4 Å². The SMILES string of the molecule is CC/C(C)=C(/N=C\C(=C(/C)Oc1cccc(CC)c1C(C)=O)C(F)(F)F)Nc1ccc(C(=O)NC2CCN(CC)CC2)cc1OC. The van der Waals surface area contributed by atoms with Crippen LogP contribution in [0.25, 0.3) is 0 Å². The molecular formula is C35H45F3N4O4. The van der Waals surface area contributed by atoms with Crippen LogP contribution in [0.15, 0.2) is 64.1 Å². The Kier molecular flexibility index (Phi) is 13.0. The predicted octanol–water partition coefficient (Wildman–Crippen LogP) is 7.71. The molecule has 250 valence electrons. The molecule has 8 nitrogen and oxygen atoms in total. The molecule has 0 spiro atoms. The molecule has 3 rings (SSSR count). The van der Waals surface area contributed by atoms with E-state index in [9.17, 15) is 22.8 Å². The van der Waals surface area contributed by atoms with Gasteiger partial charge in [-0.3, -0.25) is 9.59 Å². The number of aryl methyl sites for hydroxylation is 1. The van der Waals surface area contributed by atoms with Crippen LogP contribution in [0.4, 0.5) is 18.9 Å². The van der Waals surface area contributed by atoms with E-state index in [-0.39, 0.29) is 34.9 Å². The fourth-order valence-corrected chi connectivity index (χ4v) is 5.21. The highest BCUT2D eigenvalue weighted by Crippen LogP contribution is 2.32. The van der Waals surface area contributed by atoms with Crippen LogP contribution in [0.2, 0.25) is 0 Å². The van der Waals surface area contributed by atoms with Crippen molar-refractivity contribution in [3.63, 3.8) is 0 Å². The van der Waals surface area contributed by atoms with Crippen molar-refractivity contribution in [2.75, 3.05) is 32.1 Å². The zero-order chi connectivity index (χ0) is 34.0. The number of Topliss-reactive ketones (excluding diaryl/α,β-unsaturated/α-hetero) is 1. The van der Waals surface area contributed by atoms with Gasteiger partial charge in [-0.25, -0.2) is 4.99 Å². The van der Waals surface area contributed by atoms with Crippen molar-refractivity contribution in [3.05, 3.63) is 75.8 Å². The molecule has 0 aliphatic carbocycles. The average Bonchev–Trinajstić information content (AvgIpc) is 3.03. The van der Waals surface area contributed by atoms with Gasteiger partial charge in [-0.2, -0.15) is 13.2 Å². The Labute approximate surface area is 269 Å². The smallest absolute Gasteiger partial charge is 0.421 e. The summed E-state index contributed by atoms with van der Waals surface area (Å²) in [5, 5.41) is 6.18. The molecular weight excluding hydrogens is 597 g/mol. The number of aliphatic imine (C=N–C) groups is 1. The second kappa shape index (κ2) is 16.4. The summed E-state index contributed by atoms with van der Waals surface area (Å²) in [6.07, 6.45) is -1.30. The first-order valence-electron chi connectivity index (χ1n) is 15.6. The number of carbonyl (C=O) groups excluding carboxylic acids is 2. The Morgan fingerprint density at radius 1 is 1.04 bits per heavy atom. The molecule has 2 aromatic carbocycles. The summed E-state index contributed by atoms with van der Waals surface area (Å²) in [5.74, 6) is -0.389. The Hall–Kier alpha value is -4.12. The van der Waals surface area contributed by atoms with Crippen LogP contribution in [-0.4, -0.2) is 61.8 Å². The minimum Gasteiger partial charge on any atom is -0.495 e. The topological polar surface area (TPSA) is 92.3 Å². The molecule has 1 fully saturated rings. The number of likely N-dealkylation sites (tertiary alicyclic amines) is 1. The van der Waals surface area contributed by atoms with Crippen LogP contribution in [0.1, 0.15) is 87.1 Å². The molecule has 2 N–H and O–H groups in total. The van der Waals surface area contributed by atoms with Gasteiger partial charge in [0.05, 0.1) is 18.4 Å². The lowest BCUT2D eigenvalue weighted by Gasteiger charge is -2.31. The molecule has 1 saturated heterocycles. The van der Waals surface area contributed by atoms with E-state index < -0.39 is 17.5 Å². The van der Waals surface area contributed by atoms with E-state index in [0.29, 0.717) is 47.2 Å². The molecule has 1 aliphatic rings. The Bertz CT molecular complexity index is 1490. The second-order valence-corrected chi connectivity index (χ2v) is 11.2. The number of ether oxygens (including phenoxy) is 2. The maximum atomic E-state index is 14.3. The van der Waals surface area contributed by atoms with Gasteiger partial charge in [0, 0.05) is 30.9 Å². The number of methoxy groups -OCH3 is 1. The summed E-state index contributed by atoms with van der Waals surface area (Å²) in [7, 11) is 1.45. The largest absolute Gasteiger partial charge is 0.495 e. The van der Waals surface area contributed by atoms with E-state index in [1.165, 1.54) is 27.0 Å². The van der Waals surface area contributed by atoms with Crippen molar-refractivity contribution in [2.45, 2.75) is 79.4 Å². The van der Waals surface area contributed by atoms with E-state index in [1.807, 2.05) is 13.8 Å². The number of alkyl halides is 3. The standard InChI is InChI=1S/C35H45F3N4O4/c1-8-22(4)33(39-21-28(35(36,37)38)24(6)46-30-13-11-12-25(9-2)32(30)23(5)43)41-29-15-14-26(20-31(29)45-7)34(44)40-27-16-18-42(10-3)19-17-27/h11-15,20-21,27,41H,8-10,16-19H2,1-7H3,(H,40,44)/b28-24-,33-22-,39-21-. The maximum absolute atomic E-state index is 14.3. The molecule has 0 unspecified atom stereocenters. The van der Waals surface area contributed by atoms with Crippen molar-refractivity contribution in [1.82, 2.24) is 10.2 Å². The van der Waals surface area contributed by atoms with E-state index in [0.717, 1.165) is 32.5 Å². The number of hydrogen-bond acceptors (Lipinski definition) is 7. The summed E-state index contributed by atoms with van der Waals surface area (Å²) >= 11 is 0. The van der Waals surface area contributed by atoms with Crippen LogP contribution in [-0.2, 0) is 6.42 Å². The summed E-state index contributed by atoms with van der Waals surface area (Å²) in [4.78, 5) is 31.9. The molecule has 2 aromatic rings. The first-order valence-corrected chi connectivity index (χ1v) is 15.6. The van der Waals surface area contributed by atoms with E-state index in [4.69, 9.17) is 9.47 Å². The molecule has 1 amide bonds. The number of nitrogens with one attached hydrogen (secondary N) is 2. The second-order valence-electron chi connectivity index (χ2n) is 11.2. The lowest BCUT2D eigenvalue weighted by molar-refractivity contribution is -0.0878. The van der Waals surface area contributed by atoms with Gasteiger partial charge >= 0.3 is 6.18 Å². The normalized spacial score (nSPS) is 15.7. The summed E-state index contributed by atoms with van der Waals surface area (Å²) in [5.41, 5.74) is 1.36. The Morgan fingerprint density at radius 2 is 1.74 bits per heavy atom. The summed E-state index contributed by atoms with van der Waals surface area (Å²) < 4.78 is 54.1. The zero-order valence-electron chi connectivity index (χ0n) is 27.7. The third-order valence-corrected chi connectivity index (χ3v) is 8.14. The number of rotatable bonds is 13. The van der Waals surface area contributed by atoms with E-state index in [1.54, 1.807) is 37.3 Å². The van der Waals surface area contributed by atoms with Crippen molar-refractivity contribution >= 4 is 23.6 Å². The van der Waals surface area contributed by atoms with Gasteiger partial charge in [-0.1, -0.05) is 32.9 Å². The maximum Gasteiger partial charge on any atom is 0.421 e. The quantitative estimate of drug-likeness (QED) is 0.132. The van der Waals surface area contributed by atoms with Gasteiger partial charge in [-0.15, -0.1) is 0 Å². The zero-order valence-corrected chi connectivity index (χ0v) is 27.7. The summed E-state index contributed by atoms with van der Waals surface area (Å²) in [6, 6.07) is 9.83. The lowest BCUT2D eigenvalue weighted by Crippen LogP contribution is -2.44. The fraction of sp³-hybridized carbons (Fsp3) is 0.457. The minimum atomic E-state index is -4.79. The number of halogens is 3. The van der Waals surface area contributed by atoms with Crippen LogP contribution in [0, 0.1) is 0 Å². The lowest BCUT2D eigenvalue weighted by atomic mass is 10.0. The van der Waals surface area contributed by atoms with Crippen LogP contribution < -0.4 is 20.1 Å². The number of benzene rings is 2. The minimum absolute atomic E-state index is 0.0541. The van der Waals surface area contributed by atoms with Gasteiger partial charge in [-0.05, 0) is 88.4 Å². The van der Waals surface area contributed by atoms with Gasteiger partial charge < -0.3 is 25.0 Å². The number of anilines is 1. The molecule has 0 aromatic heterocycles. The van der Waals surface area contributed by atoms with Gasteiger partial charge in [0.15, 0.2) is 5.78 Å². The van der Waals surface area contributed by atoms with Crippen molar-refractivity contribution in [2.24, 2.45) is 4.99 Å². The number of ketones is 1. The van der Waals surface area contributed by atoms with Crippen molar-refractivity contribution < 1.29 is 32.2 Å². The fourth-order valence-electron chi connectivity index (χ4n) is 5.21. The molecule has 11 heteroatoms. The molecule has 1 heterocycles. The summed E-state index contributed by atoms with van der Waals surface area (Å²) in [6.45, 7) is 13.0. The third kappa shape index (κ3) is 9.45. The number of nitrogens with zero attached hydrogens (tertiary/aromatic N) is 2. The monoisotopic (exact) mass is 642 g/mol. The number of allylic oxidation sites excluding steroid dienone is 3. The van der Waals surface area contributed by atoms with Gasteiger partial charge in [0.1, 0.15) is 28.7 Å². The highest BCUT2D eigenvalue weighted by molar-refractivity contribution is 5.98. The number of hydrogen-bond donors (Lipinski definition) is 2. The van der Waals surface area contributed by atoms with Crippen LogP contribution in [0.3, 0.4) is 0 Å². The van der Waals surface area contributed by atoms with Crippen LogP contribution >= 0.6 is 0 Å². The van der Waals surface area contributed by atoms with Crippen molar-refractivity contribution in [1.29, 1.82) is 0 Å². The number of carbonyl (C=O) groups is 2. The Morgan fingerprint density at radius 3 is 2.30 bits per heavy atom. The van der Waals surface area contributed by atoms with E-state index >= 15 is 0 Å². The van der Waals surface area contributed by atoms with Crippen molar-refractivity contribution in [3.8, 4) is 11.5 Å². The van der Waals surface area contributed by atoms with Crippen LogP contribution in [0.5, 0.6) is 11.5 Å². The van der Waals surface area contributed by atoms with Gasteiger partial charge in [0.2, 0.25) is 0 Å². The molecule has 0 bridgehead atoms. The Balaban J connectivity index is 1.89. The molecule has 0 atom stereocenters. The highest BCUT2D eigenvalue weighted by Gasteiger charge is 2.36. The highest BCUT2D eigenvalue weighted by atomic mass is 19.4. The number of piperidine rings is 1. The molecule has 0 saturated carbocycles. The van der Waals surface area contributed by atoms with Gasteiger partial charge in [0.25, 0.3) is 5.91 Å². The molecule has 1 aliphatic heterocycles. The molecule has 46 heavy (non-hydrogen) atoms. The number of amides is 1. The first kappa shape index (κ1) is 36.3. The average molecular weight is 643 g/mol. The third-order valence-electron chi connectivity index (χ3n) is 8.14.